The van der Waals surface area contributed by atoms with Crippen molar-refractivity contribution in [3.8, 4) is 5.75 Å². The normalized spacial score (nSPS) is 15.5. The number of Topliss-reactive ketones (excluding diaryl/α,β-unsaturated/α-hetero) is 2. The van der Waals surface area contributed by atoms with Crippen LogP contribution in [0.4, 0.5) is 0 Å². The number of phenols is 1. The maximum absolute atomic E-state index is 12.4. The largest absolute Gasteiger partial charge is 0.550 e. The summed E-state index contributed by atoms with van der Waals surface area (Å²) in [6.07, 6.45) is -1.71. The molecule has 0 spiro atoms. The number of allylic oxidation sites excluding steroid dienone is 1. The number of carbonyl (C=O) groups is 3. The van der Waals surface area contributed by atoms with Gasteiger partial charge in [0.25, 0.3) is 0 Å². The van der Waals surface area contributed by atoms with Crippen LogP contribution < -0.4 is 5.11 Å². The lowest BCUT2D eigenvalue weighted by molar-refractivity contribution is -0.307. The highest BCUT2D eigenvalue weighted by Gasteiger charge is 2.31. The number of benzene rings is 1. The lowest BCUT2D eigenvalue weighted by atomic mass is 9.81. The minimum Gasteiger partial charge on any atom is -0.550 e. The molecule has 0 fully saturated rings. The quantitative estimate of drug-likeness (QED) is 0.734. The average Bonchev–Trinajstić information content (AvgIpc) is 2.36. The third-order valence-electron chi connectivity index (χ3n) is 3.58. The van der Waals surface area contributed by atoms with Gasteiger partial charge in [-0.3, -0.25) is 9.59 Å². The van der Waals surface area contributed by atoms with Crippen LogP contribution in [-0.4, -0.2) is 33.9 Å². The van der Waals surface area contributed by atoms with E-state index in [9.17, 15) is 29.7 Å². The van der Waals surface area contributed by atoms with Crippen LogP contribution in [0.5, 0.6) is 5.75 Å². The van der Waals surface area contributed by atoms with Crippen molar-refractivity contribution in [1.82, 2.24) is 0 Å². The van der Waals surface area contributed by atoms with E-state index < -0.39 is 30.1 Å². The van der Waals surface area contributed by atoms with Gasteiger partial charge in [-0.15, -0.1) is 0 Å². The van der Waals surface area contributed by atoms with Crippen LogP contribution >= 0.6 is 0 Å². The summed E-state index contributed by atoms with van der Waals surface area (Å²) in [4.78, 5) is 34.7. The van der Waals surface area contributed by atoms with E-state index in [1.165, 1.54) is 13.0 Å². The highest BCUT2D eigenvalue weighted by atomic mass is 16.4. The predicted molar refractivity (Wildman–Crippen MR) is 74.1 cm³/mol. The lowest BCUT2D eigenvalue weighted by Crippen LogP contribution is -2.29. The number of fused-ring (bicyclic) bond motifs is 1. The maximum Gasteiger partial charge on any atom is 0.200 e. The zero-order valence-electron chi connectivity index (χ0n) is 12.0. The summed E-state index contributed by atoms with van der Waals surface area (Å²) in [5, 5.41) is 30.1. The molecule has 2 N–H and O–H groups in total. The van der Waals surface area contributed by atoms with Crippen LogP contribution in [0, 0.1) is 0 Å². The first kappa shape index (κ1) is 15.9. The Bertz CT molecular complexity index is 686. The van der Waals surface area contributed by atoms with Gasteiger partial charge in [0.15, 0.2) is 5.78 Å². The summed E-state index contributed by atoms with van der Waals surface area (Å²) >= 11 is 0. The smallest absolute Gasteiger partial charge is 0.200 e. The van der Waals surface area contributed by atoms with Crippen molar-refractivity contribution in [3.05, 3.63) is 40.5 Å². The third kappa shape index (κ3) is 3.07. The second kappa shape index (κ2) is 6.11. The number of hydrogen-bond donors (Lipinski definition) is 2. The molecule has 0 heterocycles. The van der Waals surface area contributed by atoms with E-state index in [0.717, 1.165) is 0 Å². The van der Waals surface area contributed by atoms with Crippen LogP contribution in [0.2, 0.25) is 0 Å². The topological polar surface area (TPSA) is 115 Å². The Morgan fingerprint density at radius 1 is 1.36 bits per heavy atom. The van der Waals surface area contributed by atoms with E-state index in [1.807, 2.05) is 0 Å². The number of rotatable bonds is 5. The van der Waals surface area contributed by atoms with Gasteiger partial charge in [-0.25, -0.2) is 0 Å². The molecule has 0 aromatic heterocycles. The summed E-state index contributed by atoms with van der Waals surface area (Å²) in [5.41, 5.74) is 0.923. The molecule has 1 aromatic carbocycles. The van der Waals surface area contributed by atoms with E-state index in [1.54, 1.807) is 12.1 Å². The Morgan fingerprint density at radius 3 is 2.64 bits per heavy atom. The Hall–Kier alpha value is -2.47. The maximum atomic E-state index is 12.4. The standard InChI is InChI=1S/C16H16O6/c1-8(17)14-10(6-11(18)7-13(20)21)5-9-3-2-4-12(19)15(9)16(14)22/h2-4,11,18-19H,5-7H2,1H3,(H,20,21)/p-1/t11-/m0/s1. The van der Waals surface area contributed by atoms with Crippen molar-refractivity contribution in [3.63, 3.8) is 0 Å². The number of aliphatic carboxylic acids is 1. The fraction of sp³-hybridized carbons (Fsp3) is 0.312. The second-order valence-corrected chi connectivity index (χ2v) is 5.29. The molecule has 0 radical (unpaired) electrons. The molecule has 22 heavy (non-hydrogen) atoms. The van der Waals surface area contributed by atoms with Crippen molar-refractivity contribution >= 4 is 17.5 Å². The van der Waals surface area contributed by atoms with Gasteiger partial charge in [0.1, 0.15) is 5.75 Å². The van der Waals surface area contributed by atoms with E-state index in [0.29, 0.717) is 11.1 Å². The second-order valence-electron chi connectivity index (χ2n) is 5.29. The molecule has 2 rings (SSSR count). The molecule has 0 bridgehead atoms. The Kier molecular flexibility index (Phi) is 4.42. The molecule has 1 aliphatic carbocycles. The molecule has 1 atom stereocenters. The summed E-state index contributed by atoms with van der Waals surface area (Å²) in [7, 11) is 0. The first-order valence-electron chi connectivity index (χ1n) is 6.77. The Labute approximate surface area is 126 Å². The van der Waals surface area contributed by atoms with Gasteiger partial charge in [-0.05, 0) is 37.0 Å². The van der Waals surface area contributed by atoms with Gasteiger partial charge in [0.2, 0.25) is 5.78 Å². The SMILES string of the molecule is CC(=O)C1=C(C[C@H](O)CC(=O)[O-])Cc2cccc(O)c2C1=O. The van der Waals surface area contributed by atoms with E-state index >= 15 is 0 Å². The monoisotopic (exact) mass is 303 g/mol. The number of aromatic hydroxyl groups is 1. The summed E-state index contributed by atoms with van der Waals surface area (Å²) in [6.45, 7) is 1.23. The molecular formula is C16H15O6-. The van der Waals surface area contributed by atoms with Crippen molar-refractivity contribution in [1.29, 1.82) is 0 Å². The van der Waals surface area contributed by atoms with Crippen LogP contribution in [0.25, 0.3) is 0 Å². The molecule has 0 aliphatic heterocycles. The van der Waals surface area contributed by atoms with Gasteiger partial charge in [0.05, 0.1) is 17.2 Å². The zero-order valence-corrected chi connectivity index (χ0v) is 12.0. The zero-order chi connectivity index (χ0) is 16.4. The molecule has 0 saturated carbocycles. The Morgan fingerprint density at radius 2 is 2.05 bits per heavy atom. The fourth-order valence-electron chi connectivity index (χ4n) is 2.73. The number of carboxylic acid groups (broad SMARTS) is 1. The summed E-state index contributed by atoms with van der Waals surface area (Å²) < 4.78 is 0. The summed E-state index contributed by atoms with van der Waals surface area (Å²) in [6, 6.07) is 4.59. The summed E-state index contributed by atoms with van der Waals surface area (Å²) in [5.74, 6) is -2.68. The first-order chi connectivity index (χ1) is 10.3. The highest BCUT2D eigenvalue weighted by Crippen LogP contribution is 2.34. The van der Waals surface area contributed by atoms with Gasteiger partial charge in [-0.2, -0.15) is 0 Å². The number of ketones is 2. The first-order valence-corrected chi connectivity index (χ1v) is 6.77. The van der Waals surface area contributed by atoms with E-state index in [4.69, 9.17) is 0 Å². The van der Waals surface area contributed by atoms with Crippen LogP contribution in [-0.2, 0) is 16.0 Å². The van der Waals surface area contributed by atoms with Gasteiger partial charge < -0.3 is 20.1 Å². The average molecular weight is 303 g/mol. The minimum absolute atomic E-state index is 0.0887. The van der Waals surface area contributed by atoms with Gasteiger partial charge in [-0.1, -0.05) is 12.1 Å². The Balaban J connectivity index is 2.42. The molecule has 1 aromatic rings. The van der Waals surface area contributed by atoms with Crippen LogP contribution in [0.3, 0.4) is 0 Å². The van der Waals surface area contributed by atoms with E-state index in [2.05, 4.69) is 0 Å². The van der Waals surface area contributed by atoms with Crippen LogP contribution in [0.1, 0.15) is 35.7 Å². The molecule has 6 nitrogen and oxygen atoms in total. The predicted octanol–water partition coefficient (Wildman–Crippen LogP) is -0.0924. The molecule has 0 unspecified atom stereocenters. The fourth-order valence-corrected chi connectivity index (χ4v) is 2.73. The molecular weight excluding hydrogens is 288 g/mol. The van der Waals surface area contributed by atoms with Crippen LogP contribution in [0.15, 0.2) is 29.3 Å². The number of hydrogen-bond acceptors (Lipinski definition) is 6. The molecule has 1 aliphatic rings. The van der Waals surface area contributed by atoms with Crippen molar-refractivity contribution < 1.29 is 29.7 Å². The molecule has 0 amide bonds. The number of phenolic OH excluding ortho intramolecular Hbond substituents is 1. The molecule has 6 heteroatoms. The van der Waals surface area contributed by atoms with Crippen molar-refractivity contribution in [2.45, 2.75) is 32.3 Å². The number of carboxylic acids is 1. The van der Waals surface area contributed by atoms with E-state index in [-0.39, 0.29) is 29.7 Å². The number of aliphatic hydroxyl groups excluding tert-OH is 1. The lowest BCUT2D eigenvalue weighted by Gasteiger charge is -2.23. The molecule has 0 saturated heterocycles. The van der Waals surface area contributed by atoms with Crippen molar-refractivity contribution in [2.24, 2.45) is 0 Å². The van der Waals surface area contributed by atoms with Crippen molar-refractivity contribution in [2.75, 3.05) is 0 Å². The number of aliphatic hydroxyl groups is 1. The molecule has 116 valence electrons. The third-order valence-corrected chi connectivity index (χ3v) is 3.58. The minimum atomic E-state index is -1.40. The number of carbonyl (C=O) groups excluding carboxylic acids is 3. The van der Waals surface area contributed by atoms with Gasteiger partial charge in [0, 0.05) is 12.4 Å². The highest BCUT2D eigenvalue weighted by molar-refractivity contribution is 6.28. The van der Waals surface area contributed by atoms with Gasteiger partial charge >= 0.3 is 0 Å².